The van der Waals surface area contributed by atoms with Crippen LogP contribution in [0, 0.1) is 29.1 Å². The molecule has 1 aromatic rings. The topological polar surface area (TPSA) is 53.2 Å². The van der Waals surface area contributed by atoms with E-state index in [4.69, 9.17) is 9.84 Å². The third kappa shape index (κ3) is 11.6. The fourth-order valence-corrected chi connectivity index (χ4v) is 3.17. The van der Waals surface area contributed by atoms with E-state index < -0.39 is 0 Å². The van der Waals surface area contributed by atoms with Crippen LogP contribution in [0.5, 0.6) is 0 Å². The molecule has 0 saturated carbocycles. The van der Waals surface area contributed by atoms with Crippen LogP contribution >= 0.6 is 15.9 Å². The van der Waals surface area contributed by atoms with E-state index >= 15 is 0 Å². The van der Waals surface area contributed by atoms with Gasteiger partial charge in [-0.25, -0.2) is 0 Å². The highest BCUT2D eigenvalue weighted by atomic mass is 79.9. The van der Waals surface area contributed by atoms with Gasteiger partial charge in [0.25, 0.3) is 0 Å². The maximum Gasteiger partial charge on any atom is 0.0665 e. The van der Waals surface area contributed by atoms with Crippen LogP contribution < -0.4 is 0 Å². The van der Waals surface area contributed by atoms with Gasteiger partial charge in [-0.15, -0.1) is 6.58 Å². The Morgan fingerprint density at radius 3 is 2.07 bits per heavy atom. The van der Waals surface area contributed by atoms with Crippen LogP contribution in [0.2, 0.25) is 0 Å². The van der Waals surface area contributed by atoms with Crippen LogP contribution in [0.4, 0.5) is 0 Å². The van der Waals surface area contributed by atoms with Crippen LogP contribution in [0.3, 0.4) is 0 Å². The number of hydrogen-bond acceptors (Lipinski definition) is 3. The largest absolute Gasteiger partial charge is 0.400 e. The predicted molar refractivity (Wildman–Crippen MR) is 124 cm³/mol. The molecule has 160 valence electrons. The van der Waals surface area contributed by atoms with Crippen LogP contribution in [0.25, 0.3) is 0 Å². The second-order valence-corrected chi connectivity index (χ2v) is 7.78. The van der Waals surface area contributed by atoms with Crippen LogP contribution in [-0.4, -0.2) is 25.4 Å². The summed E-state index contributed by atoms with van der Waals surface area (Å²) in [6, 6.07) is 11.0. The summed E-state index contributed by atoms with van der Waals surface area (Å²) in [4.78, 5) is 0. The average molecular weight is 454 g/mol. The van der Waals surface area contributed by atoms with Gasteiger partial charge in [-0.1, -0.05) is 75.2 Å². The minimum absolute atomic E-state index is 0.0198. The summed E-state index contributed by atoms with van der Waals surface area (Å²) >= 11 is 3.49. The van der Waals surface area contributed by atoms with Crippen LogP contribution in [0.1, 0.15) is 65.4 Å². The van der Waals surface area contributed by atoms with Crippen LogP contribution in [0.15, 0.2) is 41.4 Å². The van der Waals surface area contributed by atoms with E-state index in [9.17, 15) is 5.26 Å². The first kappa shape index (κ1) is 29.1. The molecule has 0 radical (unpaired) electrons. The number of nitrogens with zero attached hydrogens (tertiary/aromatic N) is 1. The van der Waals surface area contributed by atoms with Gasteiger partial charge in [0, 0.05) is 30.7 Å². The molecule has 1 rings (SSSR count). The van der Waals surface area contributed by atoms with E-state index in [-0.39, 0.29) is 11.8 Å². The molecule has 28 heavy (non-hydrogen) atoms. The molecule has 1 N–H and O–H groups in total. The lowest BCUT2D eigenvalue weighted by atomic mass is 9.72. The van der Waals surface area contributed by atoms with E-state index in [2.05, 4.69) is 87.5 Å². The number of benzene rings is 1. The lowest BCUT2D eigenvalue weighted by Gasteiger charge is -2.31. The lowest BCUT2D eigenvalue weighted by molar-refractivity contribution is 0.0864. The van der Waals surface area contributed by atoms with Crippen molar-refractivity contribution in [3.8, 4) is 6.07 Å². The van der Waals surface area contributed by atoms with Crippen molar-refractivity contribution in [2.75, 3.05) is 20.3 Å². The third-order valence-electron chi connectivity index (χ3n) is 4.68. The Labute approximate surface area is 181 Å². The fraction of sp³-hybridized carbons (Fsp3) is 0.625. The minimum Gasteiger partial charge on any atom is -0.400 e. The van der Waals surface area contributed by atoms with E-state index in [0.717, 1.165) is 37.5 Å². The molecule has 0 amide bonds. The first-order chi connectivity index (χ1) is 13.5. The Hall–Kier alpha value is -1.15. The SMILES string of the molecule is C=CCC.CCCOCC(C)C(c1ccc(Br)cc1)C(C#N)C(C)CC.CO. The second-order valence-electron chi connectivity index (χ2n) is 6.87. The van der Waals surface area contributed by atoms with Crippen molar-refractivity contribution in [2.24, 2.45) is 17.8 Å². The molecule has 0 spiro atoms. The van der Waals surface area contributed by atoms with Gasteiger partial charge >= 0.3 is 0 Å². The molecule has 4 atom stereocenters. The van der Waals surface area contributed by atoms with Crippen LogP contribution in [-0.2, 0) is 4.74 Å². The number of nitriles is 1. The number of ether oxygens (including phenoxy) is 1. The molecule has 4 unspecified atom stereocenters. The van der Waals surface area contributed by atoms with Gasteiger partial charge in [0.1, 0.15) is 0 Å². The van der Waals surface area contributed by atoms with Crippen molar-refractivity contribution in [1.82, 2.24) is 0 Å². The Balaban J connectivity index is 0. The fourth-order valence-electron chi connectivity index (χ4n) is 2.91. The molecule has 1 aromatic carbocycles. The Kier molecular flexibility index (Phi) is 19.9. The highest BCUT2D eigenvalue weighted by Crippen LogP contribution is 2.38. The lowest BCUT2D eigenvalue weighted by Crippen LogP contribution is -2.27. The number of aliphatic hydroxyl groups excluding tert-OH is 1. The maximum absolute atomic E-state index is 9.73. The molecule has 0 aliphatic heterocycles. The zero-order valence-corrected chi connectivity index (χ0v) is 20.2. The zero-order chi connectivity index (χ0) is 21.9. The normalized spacial score (nSPS) is 14.1. The minimum atomic E-state index is 0.0198. The molecule has 3 nitrogen and oxygen atoms in total. The summed E-state index contributed by atoms with van der Waals surface area (Å²) in [7, 11) is 1.00. The van der Waals surface area contributed by atoms with Crippen molar-refractivity contribution in [3.63, 3.8) is 0 Å². The monoisotopic (exact) mass is 453 g/mol. The zero-order valence-electron chi connectivity index (χ0n) is 18.6. The second kappa shape index (κ2) is 19.2. The van der Waals surface area contributed by atoms with Gasteiger partial charge in [0.2, 0.25) is 0 Å². The van der Waals surface area contributed by atoms with Gasteiger partial charge in [0.05, 0.1) is 12.0 Å². The summed E-state index contributed by atoms with van der Waals surface area (Å²) in [5.41, 5.74) is 1.24. The molecule has 0 heterocycles. The number of rotatable bonds is 10. The smallest absolute Gasteiger partial charge is 0.0665 e. The van der Waals surface area contributed by atoms with Gasteiger partial charge in [-0.05, 0) is 42.4 Å². The summed E-state index contributed by atoms with van der Waals surface area (Å²) < 4.78 is 6.83. The molecule has 0 aliphatic carbocycles. The number of allylic oxidation sites excluding steroid dienone is 1. The Morgan fingerprint density at radius 1 is 1.14 bits per heavy atom. The molecule has 0 bridgehead atoms. The third-order valence-corrected chi connectivity index (χ3v) is 5.21. The first-order valence-electron chi connectivity index (χ1n) is 10.2. The standard InChI is InChI=1S/C19H28BrNO.C4H8.CH4O/c1-5-11-22-13-15(4)19(18(12-21)14(3)6-2)16-7-9-17(20)10-8-16;1-3-4-2;1-2/h7-10,14-15,18-19H,5-6,11,13H2,1-4H3;3H,1,4H2,2H3;2H,1H3. The number of aliphatic hydroxyl groups is 1. The summed E-state index contributed by atoms with van der Waals surface area (Å²) in [6.07, 6.45) is 5.01. The van der Waals surface area contributed by atoms with E-state index in [1.54, 1.807) is 0 Å². The molecule has 4 heteroatoms. The molecular formula is C24H40BrNO2. The van der Waals surface area contributed by atoms with E-state index in [0.29, 0.717) is 18.4 Å². The first-order valence-corrected chi connectivity index (χ1v) is 11.0. The number of halogens is 1. The molecule has 0 aliphatic rings. The maximum atomic E-state index is 9.73. The quantitative estimate of drug-likeness (QED) is 0.307. The summed E-state index contributed by atoms with van der Waals surface area (Å²) in [5, 5.41) is 16.7. The highest BCUT2D eigenvalue weighted by molar-refractivity contribution is 9.10. The van der Waals surface area contributed by atoms with Crippen molar-refractivity contribution in [3.05, 3.63) is 47.0 Å². The van der Waals surface area contributed by atoms with E-state index in [1.165, 1.54) is 5.56 Å². The van der Waals surface area contributed by atoms with Gasteiger partial charge in [-0.2, -0.15) is 5.26 Å². The van der Waals surface area contributed by atoms with Gasteiger partial charge in [0.15, 0.2) is 0 Å². The molecular weight excluding hydrogens is 414 g/mol. The molecule has 0 saturated heterocycles. The average Bonchev–Trinajstić information content (AvgIpc) is 2.74. The van der Waals surface area contributed by atoms with Gasteiger partial charge < -0.3 is 9.84 Å². The predicted octanol–water partition coefficient (Wildman–Crippen LogP) is 6.97. The van der Waals surface area contributed by atoms with Crippen molar-refractivity contribution in [2.45, 2.75) is 59.8 Å². The van der Waals surface area contributed by atoms with Crippen molar-refractivity contribution in [1.29, 1.82) is 5.26 Å². The van der Waals surface area contributed by atoms with Crippen molar-refractivity contribution >= 4 is 15.9 Å². The molecule has 0 fully saturated rings. The Morgan fingerprint density at radius 2 is 1.68 bits per heavy atom. The highest BCUT2D eigenvalue weighted by Gasteiger charge is 2.31. The van der Waals surface area contributed by atoms with Gasteiger partial charge in [-0.3, -0.25) is 0 Å². The summed E-state index contributed by atoms with van der Waals surface area (Å²) in [5.74, 6) is 0.940. The van der Waals surface area contributed by atoms with Crippen molar-refractivity contribution < 1.29 is 9.84 Å². The summed E-state index contributed by atoms with van der Waals surface area (Å²) in [6.45, 7) is 15.7. The van der Waals surface area contributed by atoms with E-state index in [1.807, 2.05) is 6.08 Å². The molecule has 0 aromatic heterocycles. The number of hydrogen-bond donors (Lipinski definition) is 1. The Bertz CT molecular complexity index is 524.